The molecule has 0 bridgehead atoms. The van der Waals surface area contributed by atoms with E-state index >= 15 is 0 Å². The number of aliphatic hydroxyl groups is 1. The van der Waals surface area contributed by atoms with E-state index in [1.165, 1.54) is 16.3 Å². The smallest absolute Gasteiger partial charge is 0.0471 e. The largest absolute Gasteiger partial charge is 0.396 e. The number of rotatable bonds is 7. The van der Waals surface area contributed by atoms with Crippen molar-refractivity contribution in [3.05, 3.63) is 72.1 Å². The number of pyridine rings is 1. The van der Waals surface area contributed by atoms with Crippen LogP contribution in [0.15, 0.2) is 60.9 Å². The van der Waals surface area contributed by atoms with Gasteiger partial charge in [-0.05, 0) is 54.8 Å². The van der Waals surface area contributed by atoms with Gasteiger partial charge in [0.1, 0.15) is 0 Å². The van der Waals surface area contributed by atoms with Crippen molar-refractivity contribution in [2.24, 2.45) is 0 Å². The molecule has 0 amide bonds. The highest BCUT2D eigenvalue weighted by Crippen LogP contribution is 2.20. The van der Waals surface area contributed by atoms with E-state index in [0.717, 1.165) is 24.1 Å². The van der Waals surface area contributed by atoms with Crippen LogP contribution in [0.5, 0.6) is 0 Å². The van der Waals surface area contributed by atoms with Gasteiger partial charge in [0.2, 0.25) is 0 Å². The first-order chi connectivity index (χ1) is 11.8. The van der Waals surface area contributed by atoms with Gasteiger partial charge < -0.3 is 10.4 Å². The fraction of sp³-hybridized carbons (Fsp3) is 0.286. The molecule has 3 heteroatoms. The van der Waals surface area contributed by atoms with Gasteiger partial charge in [0.05, 0.1) is 0 Å². The van der Waals surface area contributed by atoms with Gasteiger partial charge in [-0.3, -0.25) is 4.98 Å². The molecule has 0 radical (unpaired) electrons. The molecule has 1 heterocycles. The van der Waals surface area contributed by atoms with E-state index < -0.39 is 0 Å². The van der Waals surface area contributed by atoms with Gasteiger partial charge in [-0.1, -0.05) is 36.4 Å². The molecule has 3 aromatic rings. The Labute approximate surface area is 143 Å². The first kappa shape index (κ1) is 16.5. The highest BCUT2D eigenvalue weighted by atomic mass is 16.2. The molecule has 2 N–H and O–H groups in total. The molecule has 0 fully saturated rings. The number of benzene rings is 2. The maximum absolute atomic E-state index is 8.97. The van der Waals surface area contributed by atoms with Crippen molar-refractivity contribution in [1.29, 1.82) is 0 Å². The lowest BCUT2D eigenvalue weighted by Crippen LogP contribution is -2.16. The van der Waals surface area contributed by atoms with Crippen molar-refractivity contribution < 1.29 is 5.11 Å². The number of hydrogen-bond donors (Lipinski definition) is 2. The molecule has 124 valence electrons. The average Bonchev–Trinajstić information content (AvgIpc) is 2.62. The molecule has 0 spiro atoms. The highest BCUT2D eigenvalue weighted by molar-refractivity contribution is 5.84. The standard InChI is InChI=1S/C21H24N2O/c1-16(23-20-10-7-17(8-11-20)12-13-24)6-9-19-15-22-14-18-4-2-3-5-21(18)19/h2-5,7-8,10-11,14-16,23-24H,6,9,12-13H2,1H3. The molecule has 1 aromatic heterocycles. The third-order valence-corrected chi connectivity index (χ3v) is 4.36. The summed E-state index contributed by atoms with van der Waals surface area (Å²) in [6, 6.07) is 17.1. The summed E-state index contributed by atoms with van der Waals surface area (Å²) in [4.78, 5) is 4.36. The van der Waals surface area contributed by atoms with Crippen LogP contribution in [0.2, 0.25) is 0 Å². The maximum Gasteiger partial charge on any atom is 0.0471 e. The number of aromatic nitrogens is 1. The Kier molecular flexibility index (Phi) is 5.44. The Morgan fingerprint density at radius 1 is 1.00 bits per heavy atom. The van der Waals surface area contributed by atoms with Crippen LogP contribution in [0.25, 0.3) is 10.8 Å². The predicted molar refractivity (Wildman–Crippen MR) is 100 cm³/mol. The molecule has 1 atom stereocenters. The van der Waals surface area contributed by atoms with Crippen LogP contribution < -0.4 is 5.32 Å². The SMILES string of the molecule is CC(CCc1cncc2ccccc12)Nc1ccc(CCO)cc1. The van der Waals surface area contributed by atoms with Crippen molar-refractivity contribution in [2.45, 2.75) is 32.2 Å². The van der Waals surface area contributed by atoms with E-state index in [1.54, 1.807) is 0 Å². The summed E-state index contributed by atoms with van der Waals surface area (Å²) < 4.78 is 0. The molecular weight excluding hydrogens is 296 g/mol. The van der Waals surface area contributed by atoms with Crippen molar-refractivity contribution in [1.82, 2.24) is 4.98 Å². The number of aliphatic hydroxyl groups excluding tert-OH is 1. The lowest BCUT2D eigenvalue weighted by atomic mass is 10.0. The lowest BCUT2D eigenvalue weighted by molar-refractivity contribution is 0.299. The van der Waals surface area contributed by atoms with Crippen LogP contribution in [-0.2, 0) is 12.8 Å². The van der Waals surface area contributed by atoms with Crippen LogP contribution in [-0.4, -0.2) is 22.7 Å². The number of nitrogens with zero attached hydrogens (tertiary/aromatic N) is 1. The Morgan fingerprint density at radius 2 is 1.79 bits per heavy atom. The molecule has 0 saturated heterocycles. The Hall–Kier alpha value is -2.39. The van der Waals surface area contributed by atoms with Crippen molar-refractivity contribution in [2.75, 3.05) is 11.9 Å². The molecule has 24 heavy (non-hydrogen) atoms. The predicted octanol–water partition coefficient (Wildman–Crippen LogP) is 4.20. The first-order valence-electron chi connectivity index (χ1n) is 8.54. The second-order valence-electron chi connectivity index (χ2n) is 6.27. The molecule has 3 nitrogen and oxygen atoms in total. The Bertz CT molecular complexity index is 778. The van der Waals surface area contributed by atoms with Gasteiger partial charge >= 0.3 is 0 Å². The second-order valence-corrected chi connectivity index (χ2v) is 6.27. The summed E-state index contributed by atoms with van der Waals surface area (Å²) in [7, 11) is 0. The average molecular weight is 320 g/mol. The van der Waals surface area contributed by atoms with Crippen LogP contribution in [0, 0.1) is 0 Å². The zero-order valence-electron chi connectivity index (χ0n) is 14.1. The zero-order chi connectivity index (χ0) is 16.8. The van der Waals surface area contributed by atoms with Gasteiger partial charge in [0.15, 0.2) is 0 Å². The molecule has 0 saturated carbocycles. The minimum Gasteiger partial charge on any atom is -0.396 e. The molecule has 0 aliphatic rings. The molecule has 2 aromatic carbocycles. The Morgan fingerprint density at radius 3 is 2.58 bits per heavy atom. The number of fused-ring (bicyclic) bond motifs is 1. The summed E-state index contributed by atoms with van der Waals surface area (Å²) in [5, 5.41) is 15.0. The number of nitrogens with one attached hydrogen (secondary N) is 1. The van der Waals surface area contributed by atoms with Crippen LogP contribution in [0.4, 0.5) is 5.69 Å². The fourth-order valence-corrected chi connectivity index (χ4v) is 3.00. The van der Waals surface area contributed by atoms with E-state index in [0.29, 0.717) is 12.5 Å². The van der Waals surface area contributed by atoms with E-state index in [-0.39, 0.29) is 6.61 Å². The Balaban J connectivity index is 1.59. The first-order valence-corrected chi connectivity index (χ1v) is 8.54. The summed E-state index contributed by atoms with van der Waals surface area (Å²) in [5.41, 5.74) is 3.60. The van der Waals surface area contributed by atoms with Crippen LogP contribution in [0.3, 0.4) is 0 Å². The zero-order valence-corrected chi connectivity index (χ0v) is 14.1. The summed E-state index contributed by atoms with van der Waals surface area (Å²) >= 11 is 0. The third kappa shape index (κ3) is 4.12. The van der Waals surface area contributed by atoms with Crippen molar-refractivity contribution >= 4 is 16.5 Å². The minimum atomic E-state index is 0.197. The van der Waals surface area contributed by atoms with Gasteiger partial charge in [0, 0.05) is 36.1 Å². The van der Waals surface area contributed by atoms with Gasteiger partial charge in [-0.2, -0.15) is 0 Å². The second kappa shape index (κ2) is 7.93. The molecule has 0 aliphatic heterocycles. The van der Waals surface area contributed by atoms with E-state index in [1.807, 2.05) is 12.4 Å². The van der Waals surface area contributed by atoms with Gasteiger partial charge in [-0.15, -0.1) is 0 Å². The summed E-state index contributed by atoms with van der Waals surface area (Å²) in [6.07, 6.45) is 6.68. The van der Waals surface area contributed by atoms with E-state index in [4.69, 9.17) is 5.11 Å². The van der Waals surface area contributed by atoms with Crippen molar-refractivity contribution in [3.63, 3.8) is 0 Å². The van der Waals surface area contributed by atoms with Gasteiger partial charge in [-0.25, -0.2) is 0 Å². The molecular formula is C21H24N2O. The number of anilines is 1. The number of aryl methyl sites for hydroxylation is 1. The highest BCUT2D eigenvalue weighted by Gasteiger charge is 2.06. The normalized spacial score (nSPS) is 12.2. The van der Waals surface area contributed by atoms with E-state index in [9.17, 15) is 0 Å². The maximum atomic E-state index is 8.97. The van der Waals surface area contributed by atoms with Crippen molar-refractivity contribution in [3.8, 4) is 0 Å². The van der Waals surface area contributed by atoms with E-state index in [2.05, 4.69) is 65.8 Å². The van der Waals surface area contributed by atoms with Crippen LogP contribution in [0.1, 0.15) is 24.5 Å². The molecule has 1 unspecified atom stereocenters. The quantitative estimate of drug-likeness (QED) is 0.685. The molecule has 3 rings (SSSR count). The molecule has 0 aliphatic carbocycles. The topological polar surface area (TPSA) is 45.2 Å². The number of hydrogen-bond acceptors (Lipinski definition) is 3. The third-order valence-electron chi connectivity index (χ3n) is 4.36. The fourth-order valence-electron chi connectivity index (χ4n) is 3.00. The summed E-state index contributed by atoms with van der Waals surface area (Å²) in [6.45, 7) is 2.41. The lowest BCUT2D eigenvalue weighted by Gasteiger charge is -2.16. The monoisotopic (exact) mass is 320 g/mol. The van der Waals surface area contributed by atoms with Crippen LogP contribution >= 0.6 is 0 Å². The van der Waals surface area contributed by atoms with Gasteiger partial charge in [0.25, 0.3) is 0 Å². The minimum absolute atomic E-state index is 0.197. The summed E-state index contributed by atoms with van der Waals surface area (Å²) in [5.74, 6) is 0.